The lowest BCUT2D eigenvalue weighted by atomic mass is 9.88. The molecule has 6 heteroatoms. The second-order valence-electron chi connectivity index (χ2n) is 5.81. The van der Waals surface area contributed by atoms with Gasteiger partial charge in [-0.1, -0.05) is 0 Å². The van der Waals surface area contributed by atoms with Gasteiger partial charge < -0.3 is 15.5 Å². The third kappa shape index (κ3) is 3.83. The van der Waals surface area contributed by atoms with Gasteiger partial charge >= 0.3 is 0 Å². The Labute approximate surface area is 120 Å². The van der Waals surface area contributed by atoms with Crippen LogP contribution in [-0.4, -0.2) is 48.9 Å². The van der Waals surface area contributed by atoms with Gasteiger partial charge in [-0.25, -0.2) is 0 Å². The van der Waals surface area contributed by atoms with Crippen molar-refractivity contribution in [2.45, 2.75) is 39.2 Å². The van der Waals surface area contributed by atoms with Crippen molar-refractivity contribution in [3.63, 3.8) is 0 Å². The first-order valence-corrected chi connectivity index (χ1v) is 6.81. The number of likely N-dealkylation sites (tertiary alicyclic amines) is 1. The normalized spacial score (nSPS) is 28.1. The van der Waals surface area contributed by atoms with Crippen LogP contribution in [0.25, 0.3) is 0 Å². The molecule has 2 heterocycles. The number of nitrogens with zero attached hydrogens (tertiary/aromatic N) is 1. The second-order valence-corrected chi connectivity index (χ2v) is 5.81. The highest BCUT2D eigenvalue weighted by Crippen LogP contribution is 2.24. The van der Waals surface area contributed by atoms with Crippen LogP contribution in [0.5, 0.6) is 0 Å². The van der Waals surface area contributed by atoms with Crippen LogP contribution in [0.1, 0.15) is 33.1 Å². The molecular formula is C13H24ClN3O2. The lowest BCUT2D eigenvalue weighted by molar-refractivity contribution is -0.132. The van der Waals surface area contributed by atoms with E-state index in [0.717, 1.165) is 32.5 Å². The van der Waals surface area contributed by atoms with E-state index in [-0.39, 0.29) is 35.7 Å². The minimum Gasteiger partial charge on any atom is -0.351 e. The molecule has 0 bridgehead atoms. The van der Waals surface area contributed by atoms with Crippen molar-refractivity contribution < 1.29 is 9.59 Å². The van der Waals surface area contributed by atoms with Crippen molar-refractivity contribution in [1.82, 2.24) is 15.5 Å². The summed E-state index contributed by atoms with van der Waals surface area (Å²) in [5.41, 5.74) is -0.288. The van der Waals surface area contributed by atoms with E-state index in [1.165, 1.54) is 0 Å². The maximum absolute atomic E-state index is 12.2. The molecule has 0 aromatic rings. The fraction of sp³-hybridized carbons (Fsp3) is 0.846. The average Bonchev–Trinajstić information content (AvgIpc) is 2.90. The van der Waals surface area contributed by atoms with Crippen LogP contribution >= 0.6 is 12.4 Å². The van der Waals surface area contributed by atoms with Crippen LogP contribution in [-0.2, 0) is 9.59 Å². The predicted octanol–water partition coefficient (Wildman–Crippen LogP) is 0.535. The molecule has 2 saturated heterocycles. The summed E-state index contributed by atoms with van der Waals surface area (Å²) in [5.74, 6) is 0.316. The minimum absolute atomic E-state index is 0. The van der Waals surface area contributed by atoms with E-state index in [9.17, 15) is 9.59 Å². The van der Waals surface area contributed by atoms with Crippen molar-refractivity contribution in [1.29, 1.82) is 0 Å². The minimum atomic E-state index is -0.288. The first kappa shape index (κ1) is 16.2. The molecule has 2 aliphatic rings. The number of carbonyl (C=O) groups excluding carboxylic acids is 2. The molecule has 2 fully saturated rings. The third-order valence-corrected chi connectivity index (χ3v) is 3.96. The number of hydrogen-bond acceptors (Lipinski definition) is 3. The predicted molar refractivity (Wildman–Crippen MR) is 76.3 cm³/mol. The molecule has 110 valence electrons. The van der Waals surface area contributed by atoms with Crippen LogP contribution in [0.3, 0.4) is 0 Å². The largest absolute Gasteiger partial charge is 0.351 e. The Hall–Kier alpha value is -0.810. The van der Waals surface area contributed by atoms with Gasteiger partial charge in [-0.2, -0.15) is 0 Å². The third-order valence-electron chi connectivity index (χ3n) is 3.96. The monoisotopic (exact) mass is 289 g/mol. The molecule has 2 N–H and O–H groups in total. The first-order chi connectivity index (χ1) is 8.51. The summed E-state index contributed by atoms with van der Waals surface area (Å²) in [6, 6.07) is 0.0250. The van der Waals surface area contributed by atoms with E-state index in [4.69, 9.17) is 0 Å². The molecule has 2 unspecified atom stereocenters. The van der Waals surface area contributed by atoms with Crippen LogP contribution in [0, 0.1) is 5.41 Å². The zero-order valence-corrected chi connectivity index (χ0v) is 12.5. The molecule has 0 spiro atoms. The number of amides is 2. The Morgan fingerprint density at radius 3 is 2.84 bits per heavy atom. The number of halogens is 1. The summed E-state index contributed by atoms with van der Waals surface area (Å²) < 4.78 is 0. The lowest BCUT2D eigenvalue weighted by Crippen LogP contribution is -2.48. The molecule has 0 aromatic carbocycles. The summed E-state index contributed by atoms with van der Waals surface area (Å²) in [4.78, 5) is 25.5. The molecule has 5 nitrogen and oxygen atoms in total. The van der Waals surface area contributed by atoms with Gasteiger partial charge in [-0.05, 0) is 33.2 Å². The Bertz CT molecular complexity index is 343. The number of rotatable bonds is 4. The van der Waals surface area contributed by atoms with Crippen LogP contribution < -0.4 is 10.6 Å². The molecule has 0 radical (unpaired) electrons. The highest BCUT2D eigenvalue weighted by molar-refractivity contribution is 5.85. The van der Waals surface area contributed by atoms with E-state index >= 15 is 0 Å². The summed E-state index contributed by atoms with van der Waals surface area (Å²) >= 11 is 0. The van der Waals surface area contributed by atoms with Gasteiger partial charge in [0.25, 0.3) is 0 Å². The Morgan fingerprint density at radius 1 is 1.58 bits per heavy atom. The van der Waals surface area contributed by atoms with Gasteiger partial charge in [0.15, 0.2) is 0 Å². The van der Waals surface area contributed by atoms with Crippen molar-refractivity contribution in [2.24, 2.45) is 5.41 Å². The fourth-order valence-corrected chi connectivity index (χ4v) is 2.68. The lowest BCUT2D eigenvalue weighted by Gasteiger charge is -2.27. The van der Waals surface area contributed by atoms with Gasteiger partial charge in [0.1, 0.15) is 0 Å². The maximum Gasteiger partial charge on any atom is 0.227 e. The standard InChI is InChI=1S/C13H23N3O2.ClH/c1-10(8-16-7-3-4-11(16)17)15-12(18)13(2)5-6-14-9-13;/h10,14H,3-9H2,1-2H3,(H,15,18);1H. The van der Waals surface area contributed by atoms with Crippen molar-refractivity contribution in [3.8, 4) is 0 Å². The van der Waals surface area contributed by atoms with Gasteiger partial charge in [0.2, 0.25) is 11.8 Å². The van der Waals surface area contributed by atoms with E-state index < -0.39 is 0 Å². The highest BCUT2D eigenvalue weighted by Gasteiger charge is 2.37. The molecule has 2 amide bonds. The smallest absolute Gasteiger partial charge is 0.227 e. The van der Waals surface area contributed by atoms with Gasteiger partial charge in [-0.15, -0.1) is 12.4 Å². The molecule has 0 aromatic heterocycles. The van der Waals surface area contributed by atoms with Crippen molar-refractivity contribution in [3.05, 3.63) is 0 Å². The van der Waals surface area contributed by atoms with Gasteiger partial charge in [0.05, 0.1) is 5.41 Å². The SMILES string of the molecule is CC(CN1CCCC1=O)NC(=O)C1(C)CCNC1.Cl. The average molecular weight is 290 g/mol. The van der Waals surface area contributed by atoms with Gasteiger partial charge in [-0.3, -0.25) is 9.59 Å². The highest BCUT2D eigenvalue weighted by atomic mass is 35.5. The van der Waals surface area contributed by atoms with Crippen LogP contribution in [0.4, 0.5) is 0 Å². The Morgan fingerprint density at radius 2 is 2.32 bits per heavy atom. The van der Waals surface area contributed by atoms with E-state index in [1.54, 1.807) is 0 Å². The zero-order chi connectivity index (χ0) is 13.2. The summed E-state index contributed by atoms with van der Waals surface area (Å²) in [6.45, 7) is 7.08. The van der Waals surface area contributed by atoms with Crippen LogP contribution in [0.15, 0.2) is 0 Å². The molecular weight excluding hydrogens is 266 g/mol. The molecule has 19 heavy (non-hydrogen) atoms. The molecule has 2 rings (SSSR count). The maximum atomic E-state index is 12.2. The van der Waals surface area contributed by atoms with Gasteiger partial charge in [0, 0.05) is 32.1 Å². The van der Waals surface area contributed by atoms with E-state index in [0.29, 0.717) is 13.0 Å². The summed E-state index contributed by atoms with van der Waals surface area (Å²) in [6.07, 6.45) is 2.48. The van der Waals surface area contributed by atoms with E-state index in [1.807, 2.05) is 18.7 Å². The first-order valence-electron chi connectivity index (χ1n) is 6.81. The zero-order valence-electron chi connectivity index (χ0n) is 11.7. The molecule has 0 aliphatic carbocycles. The topological polar surface area (TPSA) is 61.4 Å². The molecule has 2 atom stereocenters. The second kappa shape index (κ2) is 6.57. The molecule has 0 saturated carbocycles. The number of hydrogen-bond donors (Lipinski definition) is 2. The summed E-state index contributed by atoms with van der Waals surface area (Å²) in [5, 5.41) is 6.26. The quantitative estimate of drug-likeness (QED) is 0.794. The number of nitrogens with one attached hydrogen (secondary N) is 2. The van der Waals surface area contributed by atoms with Crippen LogP contribution in [0.2, 0.25) is 0 Å². The molecule has 2 aliphatic heterocycles. The van der Waals surface area contributed by atoms with Crippen molar-refractivity contribution in [2.75, 3.05) is 26.2 Å². The Balaban J connectivity index is 0.00000180. The summed E-state index contributed by atoms with van der Waals surface area (Å²) in [7, 11) is 0. The Kier molecular flexibility index (Phi) is 5.62. The number of carbonyl (C=O) groups is 2. The van der Waals surface area contributed by atoms with E-state index in [2.05, 4.69) is 10.6 Å². The van der Waals surface area contributed by atoms with Crippen molar-refractivity contribution >= 4 is 24.2 Å². The fourth-order valence-electron chi connectivity index (χ4n) is 2.68.